The lowest BCUT2D eigenvalue weighted by molar-refractivity contribution is -0.212. The van der Waals surface area contributed by atoms with Gasteiger partial charge < -0.3 is 18.9 Å². The molecule has 2 aromatic heterocycles. The molecule has 4 rings (SSSR count). The summed E-state index contributed by atoms with van der Waals surface area (Å²) >= 11 is 7.09. The van der Waals surface area contributed by atoms with Gasteiger partial charge in [-0.25, -0.2) is 22.8 Å². The number of esters is 3. The molecule has 0 spiro atoms. The molecule has 1 aromatic carbocycles. The van der Waals surface area contributed by atoms with Gasteiger partial charge in [0.25, 0.3) is 0 Å². The van der Waals surface area contributed by atoms with Crippen LogP contribution in [0.5, 0.6) is 0 Å². The van der Waals surface area contributed by atoms with Gasteiger partial charge in [0, 0.05) is 32.5 Å². The van der Waals surface area contributed by atoms with Crippen molar-refractivity contribution in [3.8, 4) is 17.3 Å². The third-order valence-electron chi connectivity index (χ3n) is 5.95. The quantitative estimate of drug-likeness (QED) is 0.200. The molecule has 43 heavy (non-hydrogen) atoms. The number of carbonyl (C=O) groups excluding carboxylic acids is 3. The van der Waals surface area contributed by atoms with Crippen molar-refractivity contribution in [1.29, 1.82) is 5.26 Å². The maximum Gasteiger partial charge on any atom is 0.303 e. The third kappa shape index (κ3) is 7.42. The van der Waals surface area contributed by atoms with Crippen molar-refractivity contribution in [3.05, 3.63) is 58.6 Å². The summed E-state index contributed by atoms with van der Waals surface area (Å²) in [6, 6.07) is 3.48. The fourth-order valence-corrected chi connectivity index (χ4v) is 5.56. The largest absolute Gasteiger partial charge is 0.463 e. The number of hydrogen-bond donors (Lipinski definition) is 0. The Kier molecular flexibility index (Phi) is 9.89. The van der Waals surface area contributed by atoms with Crippen LogP contribution >= 0.6 is 23.4 Å². The molecular formula is C26H21ClF3N5O7S. The summed E-state index contributed by atoms with van der Waals surface area (Å²) in [6.07, 6.45) is -1.32. The van der Waals surface area contributed by atoms with Crippen LogP contribution in [0.25, 0.3) is 11.3 Å². The summed E-state index contributed by atoms with van der Waals surface area (Å²) in [5, 5.41) is 17.5. The number of hydrogen-bond acceptors (Lipinski definition) is 12. The first kappa shape index (κ1) is 31.7. The van der Waals surface area contributed by atoms with E-state index in [-0.39, 0.29) is 26.9 Å². The van der Waals surface area contributed by atoms with Gasteiger partial charge in [-0.15, -0.1) is 5.10 Å². The van der Waals surface area contributed by atoms with E-state index in [1.54, 1.807) is 0 Å². The Morgan fingerprint density at radius 2 is 1.72 bits per heavy atom. The number of carbonyl (C=O) groups is 3. The topological polar surface area (TPSA) is 156 Å². The smallest absolute Gasteiger partial charge is 0.303 e. The molecule has 5 atom stereocenters. The predicted octanol–water partition coefficient (Wildman–Crippen LogP) is 3.77. The van der Waals surface area contributed by atoms with Crippen LogP contribution in [0.2, 0.25) is 5.02 Å². The molecule has 12 nitrogen and oxygen atoms in total. The first-order chi connectivity index (χ1) is 20.4. The van der Waals surface area contributed by atoms with E-state index in [4.69, 9.17) is 30.5 Å². The Morgan fingerprint density at radius 1 is 1.07 bits per heavy atom. The molecule has 1 aliphatic rings. The molecule has 1 fully saturated rings. The highest BCUT2D eigenvalue weighted by Gasteiger charge is 2.52. The van der Waals surface area contributed by atoms with Crippen molar-refractivity contribution < 1.29 is 46.5 Å². The molecule has 0 unspecified atom stereocenters. The second-order valence-corrected chi connectivity index (χ2v) is 10.6. The van der Waals surface area contributed by atoms with Crippen molar-refractivity contribution >= 4 is 41.3 Å². The zero-order valence-corrected chi connectivity index (χ0v) is 24.1. The maximum atomic E-state index is 14.0. The van der Waals surface area contributed by atoms with Crippen LogP contribution in [-0.4, -0.2) is 68.2 Å². The molecular weight excluding hydrogens is 619 g/mol. The monoisotopic (exact) mass is 639 g/mol. The second kappa shape index (κ2) is 13.4. The SMILES string of the molecule is CC(=O)OC[C@H]1O[C@H](Sc2cc(Cl)c(C#N)cn2)[C@H](OC(C)=O)[C@@H](n2cc(-c3cc(F)c(F)c(F)c3)nn2)[C@H]1OC(C)=O. The fourth-order valence-electron chi connectivity index (χ4n) is 4.22. The minimum absolute atomic E-state index is 0.0883. The molecule has 0 N–H and O–H groups in total. The number of rotatable bonds is 8. The molecule has 0 radical (unpaired) electrons. The zero-order chi connectivity index (χ0) is 31.4. The lowest BCUT2D eigenvalue weighted by Gasteiger charge is -2.44. The average Bonchev–Trinajstić information content (AvgIpc) is 3.41. The normalized spacial score (nSPS) is 21.5. The lowest BCUT2D eigenvalue weighted by atomic mass is 9.96. The predicted molar refractivity (Wildman–Crippen MR) is 141 cm³/mol. The minimum atomic E-state index is -1.67. The molecule has 0 aliphatic carbocycles. The Labute approximate surface area is 251 Å². The van der Waals surface area contributed by atoms with Gasteiger partial charge in [-0.1, -0.05) is 28.6 Å². The van der Waals surface area contributed by atoms with Gasteiger partial charge in [0.15, 0.2) is 29.7 Å². The van der Waals surface area contributed by atoms with E-state index in [0.717, 1.165) is 37.2 Å². The molecule has 0 saturated carbocycles. The molecule has 1 aliphatic heterocycles. The minimum Gasteiger partial charge on any atom is -0.463 e. The number of pyridine rings is 1. The van der Waals surface area contributed by atoms with Crippen LogP contribution in [-0.2, 0) is 33.3 Å². The second-order valence-electron chi connectivity index (χ2n) is 9.05. The van der Waals surface area contributed by atoms with Gasteiger partial charge in [-0.05, 0) is 18.2 Å². The summed E-state index contributed by atoms with van der Waals surface area (Å²) in [4.78, 5) is 40.3. The third-order valence-corrected chi connectivity index (χ3v) is 7.34. The first-order valence-corrected chi connectivity index (χ1v) is 13.6. The molecule has 0 bridgehead atoms. The number of halogens is 4. The lowest BCUT2D eigenvalue weighted by Crippen LogP contribution is -2.57. The number of aromatic nitrogens is 4. The van der Waals surface area contributed by atoms with Crippen molar-refractivity contribution in [2.45, 2.75) is 55.6 Å². The summed E-state index contributed by atoms with van der Waals surface area (Å²) < 4.78 is 65.0. The summed E-state index contributed by atoms with van der Waals surface area (Å²) in [5.41, 5.74) is -1.29. The molecule has 17 heteroatoms. The van der Waals surface area contributed by atoms with Gasteiger partial charge in [0.2, 0.25) is 0 Å². The van der Waals surface area contributed by atoms with Crippen molar-refractivity contribution in [3.63, 3.8) is 0 Å². The van der Waals surface area contributed by atoms with Crippen LogP contribution in [0.3, 0.4) is 0 Å². The molecule has 3 aromatic rings. The summed E-state index contributed by atoms with van der Waals surface area (Å²) in [6.45, 7) is 2.98. The molecule has 3 heterocycles. The van der Waals surface area contributed by atoms with Crippen LogP contribution in [0.4, 0.5) is 13.2 Å². The number of nitriles is 1. The summed E-state index contributed by atoms with van der Waals surface area (Å²) in [5.74, 6) is -6.80. The van der Waals surface area contributed by atoms with Crippen LogP contribution in [0.1, 0.15) is 32.4 Å². The molecule has 1 saturated heterocycles. The van der Waals surface area contributed by atoms with Crippen LogP contribution < -0.4 is 0 Å². The number of ether oxygens (including phenoxy) is 4. The van der Waals surface area contributed by atoms with E-state index >= 15 is 0 Å². The highest BCUT2D eigenvalue weighted by Crippen LogP contribution is 2.41. The highest BCUT2D eigenvalue weighted by atomic mass is 35.5. The maximum absolute atomic E-state index is 14.0. The van der Waals surface area contributed by atoms with Gasteiger partial charge in [0.05, 0.1) is 16.8 Å². The van der Waals surface area contributed by atoms with Crippen LogP contribution in [0, 0.1) is 28.8 Å². The Morgan fingerprint density at radius 3 is 2.30 bits per heavy atom. The van der Waals surface area contributed by atoms with E-state index < -0.39 is 71.8 Å². The average molecular weight is 640 g/mol. The number of thioether (sulfide) groups is 1. The van der Waals surface area contributed by atoms with Crippen molar-refractivity contribution in [1.82, 2.24) is 20.0 Å². The van der Waals surface area contributed by atoms with Gasteiger partial charge in [0.1, 0.15) is 41.0 Å². The highest BCUT2D eigenvalue weighted by molar-refractivity contribution is 7.99. The zero-order valence-electron chi connectivity index (χ0n) is 22.5. The molecule has 0 amide bonds. The van der Waals surface area contributed by atoms with E-state index in [2.05, 4.69) is 15.3 Å². The first-order valence-electron chi connectivity index (χ1n) is 12.3. The van der Waals surface area contributed by atoms with Crippen molar-refractivity contribution in [2.75, 3.05) is 6.61 Å². The Hall–Kier alpha value is -4.20. The van der Waals surface area contributed by atoms with E-state index in [9.17, 15) is 32.8 Å². The van der Waals surface area contributed by atoms with Crippen LogP contribution in [0.15, 0.2) is 35.6 Å². The van der Waals surface area contributed by atoms with E-state index in [1.165, 1.54) is 18.5 Å². The number of nitrogens with zero attached hydrogens (tertiary/aromatic N) is 5. The van der Waals surface area contributed by atoms with Gasteiger partial charge in [-0.3, -0.25) is 14.4 Å². The van der Waals surface area contributed by atoms with Crippen molar-refractivity contribution in [2.24, 2.45) is 0 Å². The Bertz CT molecular complexity index is 1580. The number of benzene rings is 1. The standard InChI is InChI=1S/C26H21ClF3N5O7S/c1-11(36)39-10-20-24(40-12(2)37)23(35-9-19(33-34-35)14-4-17(28)22(30)18(29)5-14)25(41-13(3)38)26(42-20)43-21-6-16(27)15(7-31)8-32-21/h4-6,8-9,20,23-26H,10H2,1-3H3/t20-,23+,24+,25-,26-/m1/s1. The fraction of sp³-hybridized carbons (Fsp3) is 0.346. The Balaban J connectivity index is 1.82. The van der Waals surface area contributed by atoms with Gasteiger partial charge in [-0.2, -0.15) is 5.26 Å². The molecule has 226 valence electrons. The van der Waals surface area contributed by atoms with E-state index in [0.29, 0.717) is 12.1 Å². The van der Waals surface area contributed by atoms with E-state index in [1.807, 2.05) is 6.07 Å². The van der Waals surface area contributed by atoms with Gasteiger partial charge >= 0.3 is 17.9 Å². The summed E-state index contributed by atoms with van der Waals surface area (Å²) in [7, 11) is 0.